The fourth-order valence-electron chi connectivity index (χ4n) is 3.98. The van der Waals surface area contributed by atoms with E-state index < -0.39 is 0 Å². The molecule has 1 N–H and O–H groups in total. The van der Waals surface area contributed by atoms with Crippen LogP contribution >= 0.6 is 0 Å². The lowest BCUT2D eigenvalue weighted by Crippen LogP contribution is -2.39. The predicted octanol–water partition coefficient (Wildman–Crippen LogP) is 2.42. The van der Waals surface area contributed by atoms with Crippen molar-refractivity contribution in [2.24, 2.45) is 18.9 Å². The van der Waals surface area contributed by atoms with Gasteiger partial charge < -0.3 is 14.8 Å². The molecule has 5 nitrogen and oxygen atoms in total. The highest BCUT2D eigenvalue weighted by Crippen LogP contribution is 2.36. The van der Waals surface area contributed by atoms with Crippen molar-refractivity contribution < 1.29 is 4.79 Å². The van der Waals surface area contributed by atoms with Crippen LogP contribution in [0.15, 0.2) is 16.9 Å². The average molecular weight is 317 g/mol. The number of carbonyl (C=O) groups is 1. The van der Waals surface area contributed by atoms with E-state index in [1.54, 1.807) is 11.6 Å². The third-order valence-electron chi connectivity index (χ3n) is 5.64. The van der Waals surface area contributed by atoms with Gasteiger partial charge in [-0.05, 0) is 31.2 Å². The number of likely N-dealkylation sites (tertiary alicyclic amines) is 1. The number of carbonyl (C=O) groups excluding carboxylic acids is 1. The minimum Gasteiger partial charge on any atom is -0.334 e. The zero-order chi connectivity index (χ0) is 16.4. The number of aromatic nitrogens is 1. The lowest BCUT2D eigenvalue weighted by atomic mass is 9.90. The van der Waals surface area contributed by atoms with Crippen LogP contribution in [0.5, 0.6) is 0 Å². The van der Waals surface area contributed by atoms with E-state index in [-0.39, 0.29) is 11.6 Å². The van der Waals surface area contributed by atoms with Gasteiger partial charge in [0.25, 0.3) is 5.56 Å². The Morgan fingerprint density at radius 1 is 1.22 bits per heavy atom. The van der Waals surface area contributed by atoms with Gasteiger partial charge in [-0.2, -0.15) is 0 Å². The third-order valence-corrected chi connectivity index (χ3v) is 5.64. The first-order chi connectivity index (χ1) is 11.1. The van der Waals surface area contributed by atoms with Crippen LogP contribution in [0, 0.1) is 18.8 Å². The molecule has 1 unspecified atom stereocenters. The molecule has 3 rings (SSSR count). The highest BCUT2D eigenvalue weighted by molar-refractivity contribution is 5.74. The minimum absolute atomic E-state index is 0.0319. The number of aryl methyl sites for hydroxylation is 1. The minimum atomic E-state index is -0.0341. The Hall–Kier alpha value is -1.78. The molecule has 5 heteroatoms. The molecule has 0 aromatic carbocycles. The molecule has 0 bridgehead atoms. The zero-order valence-corrected chi connectivity index (χ0v) is 14.2. The maximum absolute atomic E-state index is 12.3. The first kappa shape index (κ1) is 16.1. The summed E-state index contributed by atoms with van der Waals surface area (Å²) in [6.45, 7) is 3.93. The van der Waals surface area contributed by atoms with E-state index in [0.717, 1.165) is 31.1 Å². The molecule has 1 atom stereocenters. The van der Waals surface area contributed by atoms with Crippen LogP contribution in [0.4, 0.5) is 4.79 Å². The summed E-state index contributed by atoms with van der Waals surface area (Å²) in [5.74, 6) is 1.49. The van der Waals surface area contributed by atoms with Gasteiger partial charge in [0.05, 0.1) is 0 Å². The van der Waals surface area contributed by atoms with Gasteiger partial charge in [-0.15, -0.1) is 0 Å². The second-order valence-corrected chi connectivity index (χ2v) is 7.06. The van der Waals surface area contributed by atoms with E-state index in [4.69, 9.17) is 0 Å². The Labute approximate surface area is 137 Å². The smallest absolute Gasteiger partial charge is 0.317 e. The van der Waals surface area contributed by atoms with Gasteiger partial charge in [0.2, 0.25) is 0 Å². The maximum Gasteiger partial charge on any atom is 0.317 e. The van der Waals surface area contributed by atoms with Crippen LogP contribution in [-0.4, -0.2) is 28.6 Å². The zero-order valence-electron chi connectivity index (χ0n) is 14.2. The number of hydrogen-bond acceptors (Lipinski definition) is 2. The van der Waals surface area contributed by atoms with Crippen LogP contribution in [0.2, 0.25) is 0 Å². The largest absolute Gasteiger partial charge is 0.334 e. The number of amides is 2. The topological polar surface area (TPSA) is 54.3 Å². The number of nitrogens with one attached hydrogen (secondary N) is 1. The monoisotopic (exact) mass is 317 g/mol. The van der Waals surface area contributed by atoms with E-state index in [9.17, 15) is 9.59 Å². The van der Waals surface area contributed by atoms with Gasteiger partial charge in [0.15, 0.2) is 0 Å². The van der Waals surface area contributed by atoms with Gasteiger partial charge in [0.1, 0.15) is 0 Å². The normalized spacial score (nSPS) is 21.8. The van der Waals surface area contributed by atoms with Crippen LogP contribution < -0.4 is 10.9 Å². The fraction of sp³-hybridized carbons (Fsp3) is 0.667. The summed E-state index contributed by atoms with van der Waals surface area (Å²) in [4.78, 5) is 26.4. The summed E-state index contributed by atoms with van der Waals surface area (Å²) in [7, 11) is 1.76. The molecule has 1 aliphatic carbocycles. The summed E-state index contributed by atoms with van der Waals surface area (Å²) in [6.07, 6.45) is 6.50. The summed E-state index contributed by atoms with van der Waals surface area (Å²) < 4.78 is 1.62. The van der Waals surface area contributed by atoms with Crippen molar-refractivity contribution in [3.05, 3.63) is 33.7 Å². The van der Waals surface area contributed by atoms with Crippen molar-refractivity contribution in [1.29, 1.82) is 0 Å². The highest BCUT2D eigenvalue weighted by Gasteiger charge is 2.33. The van der Waals surface area contributed by atoms with Gasteiger partial charge >= 0.3 is 6.03 Å². The molecule has 2 amide bonds. The lowest BCUT2D eigenvalue weighted by molar-refractivity contribution is 0.204. The van der Waals surface area contributed by atoms with Gasteiger partial charge in [0, 0.05) is 37.9 Å². The standard InChI is InChI=1S/C18H27N3O2/c1-13-7-8-15(17(22)20(13)2)11-19-18(23)21-10-9-16(12-21)14-5-3-4-6-14/h7-8,14,16H,3-6,9-12H2,1-2H3,(H,19,23). The Balaban J connectivity index is 1.54. The molecule has 1 aliphatic heterocycles. The molecule has 2 fully saturated rings. The van der Waals surface area contributed by atoms with Gasteiger partial charge in [-0.25, -0.2) is 4.79 Å². The Bertz CT molecular complexity index is 632. The van der Waals surface area contributed by atoms with Crippen LogP contribution in [-0.2, 0) is 13.6 Å². The number of pyridine rings is 1. The molecule has 1 aromatic heterocycles. The summed E-state index contributed by atoms with van der Waals surface area (Å²) in [5, 5.41) is 2.91. The second kappa shape index (κ2) is 6.77. The molecule has 1 saturated carbocycles. The summed E-state index contributed by atoms with van der Waals surface area (Å²) in [6, 6.07) is 3.69. The molecule has 23 heavy (non-hydrogen) atoms. The SMILES string of the molecule is Cc1ccc(CNC(=O)N2CCC(C3CCCC3)C2)c(=O)n1C. The molecule has 0 radical (unpaired) electrons. The second-order valence-electron chi connectivity index (χ2n) is 7.06. The first-order valence-electron chi connectivity index (χ1n) is 8.74. The van der Waals surface area contributed by atoms with Crippen molar-refractivity contribution in [1.82, 2.24) is 14.8 Å². The summed E-state index contributed by atoms with van der Waals surface area (Å²) in [5.41, 5.74) is 1.53. The van der Waals surface area contributed by atoms with Crippen molar-refractivity contribution in [2.75, 3.05) is 13.1 Å². The molecule has 2 heterocycles. The van der Waals surface area contributed by atoms with Gasteiger partial charge in [-0.1, -0.05) is 31.7 Å². The molecule has 1 saturated heterocycles. The molecule has 2 aliphatic rings. The number of urea groups is 1. The lowest BCUT2D eigenvalue weighted by Gasteiger charge is -2.20. The maximum atomic E-state index is 12.3. The van der Waals surface area contributed by atoms with Crippen molar-refractivity contribution in [3.8, 4) is 0 Å². The average Bonchev–Trinajstić information content (AvgIpc) is 3.22. The van der Waals surface area contributed by atoms with Crippen LogP contribution in [0.3, 0.4) is 0 Å². The van der Waals surface area contributed by atoms with E-state index >= 15 is 0 Å². The quantitative estimate of drug-likeness (QED) is 0.931. The number of nitrogens with zero attached hydrogens (tertiary/aromatic N) is 2. The van der Waals surface area contributed by atoms with Crippen molar-refractivity contribution >= 4 is 6.03 Å². The third kappa shape index (κ3) is 3.43. The van der Waals surface area contributed by atoms with Crippen LogP contribution in [0.25, 0.3) is 0 Å². The molecular weight excluding hydrogens is 290 g/mol. The van der Waals surface area contributed by atoms with Crippen molar-refractivity contribution in [3.63, 3.8) is 0 Å². The number of rotatable bonds is 3. The Morgan fingerprint density at radius 3 is 2.70 bits per heavy atom. The van der Waals surface area contributed by atoms with E-state index in [0.29, 0.717) is 18.0 Å². The highest BCUT2D eigenvalue weighted by atomic mass is 16.2. The fourth-order valence-corrected chi connectivity index (χ4v) is 3.98. The van der Waals surface area contributed by atoms with Gasteiger partial charge in [-0.3, -0.25) is 4.79 Å². The van der Waals surface area contributed by atoms with Crippen LogP contribution in [0.1, 0.15) is 43.4 Å². The van der Waals surface area contributed by atoms with Crippen molar-refractivity contribution in [2.45, 2.75) is 45.6 Å². The Kier molecular flexibility index (Phi) is 4.74. The number of hydrogen-bond donors (Lipinski definition) is 1. The molecular formula is C18H27N3O2. The molecule has 1 aromatic rings. The predicted molar refractivity (Wildman–Crippen MR) is 90.3 cm³/mol. The summed E-state index contributed by atoms with van der Waals surface area (Å²) >= 11 is 0. The molecule has 0 spiro atoms. The Morgan fingerprint density at radius 2 is 1.96 bits per heavy atom. The van der Waals surface area contributed by atoms with E-state index in [2.05, 4.69) is 5.32 Å². The molecule has 126 valence electrons. The first-order valence-corrected chi connectivity index (χ1v) is 8.74. The van der Waals surface area contributed by atoms with E-state index in [1.807, 2.05) is 24.0 Å². The van der Waals surface area contributed by atoms with E-state index in [1.165, 1.54) is 25.7 Å².